The normalized spacial score (nSPS) is 26.1. The van der Waals surface area contributed by atoms with Crippen LogP contribution in [0.15, 0.2) is 24.3 Å². The predicted molar refractivity (Wildman–Crippen MR) is 64.5 cm³/mol. The Morgan fingerprint density at radius 2 is 2.10 bits per heavy atom. The first-order valence-electron chi connectivity index (χ1n) is 6.16. The molecule has 1 aliphatic rings. The second-order valence-electron chi connectivity index (χ2n) is 4.38. The van der Waals surface area contributed by atoms with Gasteiger partial charge in [-0.1, -0.05) is 18.2 Å². The van der Waals surface area contributed by atoms with Crippen molar-refractivity contribution in [2.24, 2.45) is 0 Å². The minimum absolute atomic E-state index is 0.00608. The minimum Gasteiger partial charge on any atom is -0.434 e. The first-order chi connectivity index (χ1) is 9.61. The van der Waals surface area contributed by atoms with Crippen molar-refractivity contribution < 1.29 is 33.2 Å². The lowest BCUT2D eigenvalue weighted by molar-refractivity contribution is -0.0550. The molecule has 2 N–H and O–H groups in total. The van der Waals surface area contributed by atoms with Gasteiger partial charge in [0.25, 0.3) is 0 Å². The van der Waals surface area contributed by atoms with Crippen LogP contribution in [-0.4, -0.2) is 48.4 Å². The van der Waals surface area contributed by atoms with E-state index < -0.39 is 24.9 Å². The summed E-state index contributed by atoms with van der Waals surface area (Å²) in [4.78, 5) is 0. The number of aliphatic hydroxyl groups is 2. The Kier molecular flexibility index (Phi) is 5.24. The molecule has 1 aliphatic heterocycles. The lowest BCUT2D eigenvalue weighted by atomic mass is 10.1. The molecule has 1 heterocycles. The number of ether oxygens (including phenoxy) is 3. The van der Waals surface area contributed by atoms with Crippen LogP contribution in [0.4, 0.5) is 8.78 Å². The maximum Gasteiger partial charge on any atom is 0.387 e. The summed E-state index contributed by atoms with van der Waals surface area (Å²) in [5.74, 6) is 0.0367. The number of alkyl halides is 2. The average molecular weight is 290 g/mol. The molecule has 5 nitrogen and oxygen atoms in total. The van der Waals surface area contributed by atoms with Gasteiger partial charge < -0.3 is 24.4 Å². The van der Waals surface area contributed by atoms with Gasteiger partial charge in [0.05, 0.1) is 19.8 Å². The van der Waals surface area contributed by atoms with Crippen LogP contribution in [0.2, 0.25) is 0 Å². The van der Waals surface area contributed by atoms with Crippen LogP contribution in [0.3, 0.4) is 0 Å². The molecule has 0 unspecified atom stereocenters. The maximum atomic E-state index is 12.3. The van der Waals surface area contributed by atoms with Crippen LogP contribution >= 0.6 is 0 Å². The van der Waals surface area contributed by atoms with E-state index >= 15 is 0 Å². The molecule has 0 amide bonds. The van der Waals surface area contributed by atoms with Gasteiger partial charge in [-0.25, -0.2) is 0 Å². The number of halogens is 2. The van der Waals surface area contributed by atoms with E-state index in [4.69, 9.17) is 14.6 Å². The van der Waals surface area contributed by atoms with Crippen LogP contribution in [-0.2, 0) is 16.1 Å². The van der Waals surface area contributed by atoms with E-state index in [1.165, 1.54) is 6.07 Å². The predicted octanol–water partition coefficient (Wildman–Crippen LogP) is 0.925. The highest BCUT2D eigenvalue weighted by Gasteiger charge is 2.36. The highest BCUT2D eigenvalue weighted by atomic mass is 19.3. The fraction of sp³-hybridized carbons (Fsp3) is 0.538. The molecular formula is C13H16F2O5. The van der Waals surface area contributed by atoms with Crippen molar-refractivity contribution in [3.05, 3.63) is 29.8 Å². The first kappa shape index (κ1) is 15.1. The third kappa shape index (κ3) is 3.63. The second-order valence-corrected chi connectivity index (χ2v) is 4.38. The Hall–Kier alpha value is -1.28. The molecular weight excluding hydrogens is 274 g/mol. The monoisotopic (exact) mass is 290 g/mol. The molecule has 2 rings (SSSR count). The summed E-state index contributed by atoms with van der Waals surface area (Å²) in [6, 6.07) is 6.28. The quantitative estimate of drug-likeness (QED) is 0.815. The molecule has 1 fully saturated rings. The Labute approximate surface area is 114 Å². The van der Waals surface area contributed by atoms with Crippen molar-refractivity contribution in [2.75, 3.05) is 13.2 Å². The summed E-state index contributed by atoms with van der Waals surface area (Å²) in [5.41, 5.74) is 0.451. The molecule has 1 aromatic carbocycles. The van der Waals surface area contributed by atoms with E-state index in [-0.39, 0.29) is 25.6 Å². The highest BCUT2D eigenvalue weighted by Crippen LogP contribution is 2.24. The van der Waals surface area contributed by atoms with Crippen LogP contribution in [0.25, 0.3) is 0 Å². The molecule has 0 saturated carbocycles. The fourth-order valence-electron chi connectivity index (χ4n) is 1.99. The van der Waals surface area contributed by atoms with E-state index in [2.05, 4.69) is 4.74 Å². The summed E-state index contributed by atoms with van der Waals surface area (Å²) in [6.45, 7) is -3.06. The Balaban J connectivity index is 1.94. The molecule has 1 saturated heterocycles. The number of aliphatic hydroxyl groups excluding tert-OH is 2. The van der Waals surface area contributed by atoms with Gasteiger partial charge in [0.15, 0.2) is 0 Å². The zero-order valence-corrected chi connectivity index (χ0v) is 10.6. The van der Waals surface area contributed by atoms with Gasteiger partial charge >= 0.3 is 6.61 Å². The van der Waals surface area contributed by atoms with Crippen LogP contribution in [0.5, 0.6) is 5.75 Å². The van der Waals surface area contributed by atoms with Gasteiger partial charge in [0.2, 0.25) is 0 Å². The van der Waals surface area contributed by atoms with E-state index in [1.54, 1.807) is 18.2 Å². The van der Waals surface area contributed by atoms with Crippen molar-refractivity contribution in [1.82, 2.24) is 0 Å². The second kappa shape index (κ2) is 6.94. The number of hydrogen-bond donors (Lipinski definition) is 2. The summed E-state index contributed by atoms with van der Waals surface area (Å²) in [7, 11) is 0. The van der Waals surface area contributed by atoms with E-state index in [0.717, 1.165) is 0 Å². The van der Waals surface area contributed by atoms with E-state index in [9.17, 15) is 13.9 Å². The maximum absolute atomic E-state index is 12.3. The smallest absolute Gasteiger partial charge is 0.387 e. The Morgan fingerprint density at radius 1 is 1.35 bits per heavy atom. The van der Waals surface area contributed by atoms with E-state index in [1.807, 2.05) is 0 Å². The molecule has 0 spiro atoms. The van der Waals surface area contributed by atoms with Crippen molar-refractivity contribution in [3.63, 3.8) is 0 Å². The molecule has 1 aromatic rings. The van der Waals surface area contributed by atoms with Crippen molar-refractivity contribution in [2.45, 2.75) is 31.5 Å². The number of benzene rings is 1. The third-order valence-electron chi connectivity index (χ3n) is 3.06. The van der Waals surface area contributed by atoms with Gasteiger partial charge in [-0.05, 0) is 6.07 Å². The van der Waals surface area contributed by atoms with Crippen molar-refractivity contribution >= 4 is 0 Å². The molecule has 3 atom stereocenters. The van der Waals surface area contributed by atoms with Crippen LogP contribution in [0.1, 0.15) is 5.56 Å². The number of para-hydroxylation sites is 1. The zero-order valence-electron chi connectivity index (χ0n) is 10.6. The highest BCUT2D eigenvalue weighted by molar-refractivity contribution is 5.32. The standard InChI is InChI=1S/C13H16F2O5/c14-13(15)20-9-4-2-1-3-8(9)6-18-11-7-19-10(5-16)12(11)17/h1-4,10-13,16-17H,5-7H2/t10-,11+,12-/m1/s1. The van der Waals surface area contributed by atoms with Crippen molar-refractivity contribution in [1.29, 1.82) is 0 Å². The lowest BCUT2D eigenvalue weighted by Crippen LogP contribution is -2.34. The SMILES string of the molecule is OC[C@H]1OC[C@H](OCc2ccccc2OC(F)F)[C@@H]1O. The zero-order chi connectivity index (χ0) is 14.5. The molecule has 0 radical (unpaired) electrons. The van der Waals surface area contributed by atoms with Gasteiger partial charge in [-0.3, -0.25) is 0 Å². The van der Waals surface area contributed by atoms with Crippen LogP contribution in [0, 0.1) is 0 Å². The third-order valence-corrected chi connectivity index (χ3v) is 3.06. The molecule has 0 aromatic heterocycles. The lowest BCUT2D eigenvalue weighted by Gasteiger charge is -2.17. The minimum atomic E-state index is -2.91. The topological polar surface area (TPSA) is 68.2 Å². The molecule has 0 bridgehead atoms. The fourth-order valence-corrected chi connectivity index (χ4v) is 1.99. The largest absolute Gasteiger partial charge is 0.434 e. The molecule has 112 valence electrons. The molecule has 7 heteroatoms. The summed E-state index contributed by atoms with van der Waals surface area (Å²) in [6.07, 6.45) is -2.22. The summed E-state index contributed by atoms with van der Waals surface area (Å²) < 4.78 is 39.5. The van der Waals surface area contributed by atoms with Gasteiger partial charge in [0, 0.05) is 5.56 Å². The van der Waals surface area contributed by atoms with Gasteiger partial charge in [-0.2, -0.15) is 8.78 Å². The summed E-state index contributed by atoms with van der Waals surface area (Å²) >= 11 is 0. The van der Waals surface area contributed by atoms with Gasteiger partial charge in [0.1, 0.15) is 24.1 Å². The summed E-state index contributed by atoms with van der Waals surface area (Å²) in [5, 5.41) is 18.7. The van der Waals surface area contributed by atoms with Crippen LogP contribution < -0.4 is 4.74 Å². The average Bonchev–Trinajstić information content (AvgIpc) is 2.78. The molecule has 20 heavy (non-hydrogen) atoms. The molecule has 0 aliphatic carbocycles. The van der Waals surface area contributed by atoms with E-state index in [0.29, 0.717) is 5.56 Å². The Morgan fingerprint density at radius 3 is 2.75 bits per heavy atom. The Bertz CT molecular complexity index is 429. The van der Waals surface area contributed by atoms with Crippen molar-refractivity contribution in [3.8, 4) is 5.75 Å². The number of rotatable bonds is 6. The van der Waals surface area contributed by atoms with Gasteiger partial charge in [-0.15, -0.1) is 0 Å². The number of hydrogen-bond acceptors (Lipinski definition) is 5. The first-order valence-corrected chi connectivity index (χ1v) is 6.16.